The number of oxazole rings is 1. The van der Waals surface area contributed by atoms with Crippen LogP contribution in [0.4, 0.5) is 0 Å². The molecule has 6 nitrogen and oxygen atoms in total. The maximum atomic E-state index is 5.60. The van der Waals surface area contributed by atoms with Crippen LogP contribution in [0.25, 0.3) is 11.5 Å². The number of hydrogen-bond donors (Lipinski definition) is 2. The second-order valence-corrected chi connectivity index (χ2v) is 6.86. The van der Waals surface area contributed by atoms with Crippen LogP contribution in [-0.2, 0) is 6.54 Å². The van der Waals surface area contributed by atoms with E-state index in [1.807, 2.05) is 12.1 Å². The van der Waals surface area contributed by atoms with Crippen molar-refractivity contribution in [3.05, 3.63) is 41.8 Å². The lowest BCUT2D eigenvalue weighted by atomic mass is 10.1. The van der Waals surface area contributed by atoms with Crippen LogP contribution in [0.5, 0.6) is 0 Å². The summed E-state index contributed by atoms with van der Waals surface area (Å²) in [6.45, 7) is 9.33. The van der Waals surface area contributed by atoms with Crippen molar-refractivity contribution in [2.45, 2.75) is 26.8 Å². The summed E-state index contributed by atoms with van der Waals surface area (Å²) in [7, 11) is 1.79. The van der Waals surface area contributed by atoms with Crippen LogP contribution in [0.1, 0.15) is 24.6 Å². The zero-order chi connectivity index (χ0) is 18.4. The molecule has 0 spiro atoms. The van der Waals surface area contributed by atoms with Crippen molar-refractivity contribution < 1.29 is 4.42 Å². The molecule has 2 heterocycles. The molecule has 0 saturated carbocycles. The molecule has 1 aliphatic heterocycles. The number of guanidine groups is 1. The highest BCUT2D eigenvalue weighted by atomic mass is 127. The highest BCUT2D eigenvalue weighted by molar-refractivity contribution is 14.0. The van der Waals surface area contributed by atoms with Crippen molar-refractivity contribution in [2.24, 2.45) is 10.9 Å². The molecule has 148 valence electrons. The fourth-order valence-corrected chi connectivity index (χ4v) is 3.22. The van der Waals surface area contributed by atoms with Crippen LogP contribution in [0.3, 0.4) is 0 Å². The van der Waals surface area contributed by atoms with Crippen LogP contribution in [0.2, 0.25) is 0 Å². The van der Waals surface area contributed by atoms with Crippen molar-refractivity contribution in [2.75, 3.05) is 33.2 Å². The van der Waals surface area contributed by atoms with E-state index in [1.165, 1.54) is 25.1 Å². The second kappa shape index (κ2) is 10.7. The summed E-state index contributed by atoms with van der Waals surface area (Å²) >= 11 is 0. The van der Waals surface area contributed by atoms with Gasteiger partial charge >= 0.3 is 0 Å². The van der Waals surface area contributed by atoms with E-state index < -0.39 is 0 Å². The van der Waals surface area contributed by atoms with Crippen LogP contribution in [0.15, 0.2) is 39.9 Å². The molecule has 1 unspecified atom stereocenters. The van der Waals surface area contributed by atoms with E-state index in [2.05, 4.69) is 51.5 Å². The Kier molecular flexibility index (Phi) is 8.56. The first-order valence-electron chi connectivity index (χ1n) is 9.36. The lowest BCUT2D eigenvalue weighted by molar-refractivity contribution is 0.342. The number of nitrogens with zero attached hydrogens (tertiary/aromatic N) is 3. The number of halogens is 1. The van der Waals surface area contributed by atoms with E-state index in [-0.39, 0.29) is 24.0 Å². The molecule has 0 aliphatic carbocycles. The average molecular weight is 483 g/mol. The monoisotopic (exact) mass is 483 g/mol. The Balaban J connectivity index is 0.00000261. The van der Waals surface area contributed by atoms with E-state index in [9.17, 15) is 0 Å². The summed E-state index contributed by atoms with van der Waals surface area (Å²) in [5.74, 6) is 2.14. The van der Waals surface area contributed by atoms with Crippen molar-refractivity contribution in [3.63, 3.8) is 0 Å². The van der Waals surface area contributed by atoms with Gasteiger partial charge in [-0.05, 0) is 44.5 Å². The summed E-state index contributed by atoms with van der Waals surface area (Å²) in [6, 6.07) is 8.18. The van der Waals surface area contributed by atoms with E-state index in [0.717, 1.165) is 30.3 Å². The molecule has 1 aliphatic rings. The number of aliphatic imine (C=N–C) groups is 1. The molecule has 1 atom stereocenters. The molecule has 7 heteroatoms. The second-order valence-electron chi connectivity index (χ2n) is 6.86. The van der Waals surface area contributed by atoms with Crippen LogP contribution in [0, 0.1) is 12.8 Å². The topological polar surface area (TPSA) is 65.7 Å². The summed E-state index contributed by atoms with van der Waals surface area (Å²) in [4.78, 5) is 11.3. The fourth-order valence-electron chi connectivity index (χ4n) is 3.22. The third-order valence-electron chi connectivity index (χ3n) is 4.89. The minimum Gasteiger partial charge on any atom is -0.444 e. The molecule has 3 rings (SSSR count). The predicted octanol–water partition coefficient (Wildman–Crippen LogP) is 3.27. The zero-order valence-electron chi connectivity index (χ0n) is 16.4. The third kappa shape index (κ3) is 6.21. The van der Waals surface area contributed by atoms with Gasteiger partial charge < -0.3 is 20.0 Å². The van der Waals surface area contributed by atoms with Gasteiger partial charge in [0.05, 0.1) is 12.2 Å². The SMILES string of the molecule is CCN1CCC(CNC(=NC)NCc2coc(-c3ccc(C)cc3)n2)C1.I. The molecule has 0 bridgehead atoms. The van der Waals surface area contributed by atoms with Gasteiger partial charge in [0, 0.05) is 25.7 Å². The number of likely N-dealkylation sites (tertiary alicyclic amines) is 1. The van der Waals surface area contributed by atoms with E-state index in [4.69, 9.17) is 4.42 Å². The van der Waals surface area contributed by atoms with Gasteiger partial charge in [0.15, 0.2) is 5.96 Å². The van der Waals surface area contributed by atoms with Gasteiger partial charge in [-0.3, -0.25) is 4.99 Å². The molecule has 0 amide bonds. The Morgan fingerprint density at radius 1 is 1.30 bits per heavy atom. The van der Waals surface area contributed by atoms with E-state index >= 15 is 0 Å². The summed E-state index contributed by atoms with van der Waals surface area (Å²) in [5, 5.41) is 6.74. The first-order chi connectivity index (χ1) is 12.7. The predicted molar refractivity (Wildman–Crippen MR) is 121 cm³/mol. The van der Waals surface area contributed by atoms with Gasteiger partial charge in [0.2, 0.25) is 5.89 Å². The van der Waals surface area contributed by atoms with Crippen molar-refractivity contribution in [1.82, 2.24) is 20.5 Å². The quantitative estimate of drug-likeness (QED) is 0.375. The van der Waals surface area contributed by atoms with Crippen molar-refractivity contribution in [1.29, 1.82) is 0 Å². The fraction of sp³-hybridized carbons (Fsp3) is 0.500. The summed E-state index contributed by atoms with van der Waals surface area (Å²) < 4.78 is 5.60. The number of nitrogens with one attached hydrogen (secondary N) is 2. The van der Waals surface area contributed by atoms with Crippen LogP contribution < -0.4 is 10.6 Å². The Bertz CT molecular complexity index is 728. The summed E-state index contributed by atoms with van der Waals surface area (Å²) in [5.41, 5.74) is 3.08. The summed E-state index contributed by atoms with van der Waals surface area (Å²) in [6.07, 6.45) is 2.95. The van der Waals surface area contributed by atoms with Gasteiger partial charge in [0.1, 0.15) is 6.26 Å². The molecule has 0 radical (unpaired) electrons. The van der Waals surface area contributed by atoms with Crippen LogP contribution in [-0.4, -0.2) is 49.1 Å². The van der Waals surface area contributed by atoms with Gasteiger partial charge in [-0.25, -0.2) is 4.98 Å². The lowest BCUT2D eigenvalue weighted by Gasteiger charge is -2.16. The maximum absolute atomic E-state index is 5.60. The highest BCUT2D eigenvalue weighted by Gasteiger charge is 2.21. The third-order valence-corrected chi connectivity index (χ3v) is 4.89. The zero-order valence-corrected chi connectivity index (χ0v) is 18.7. The molecule has 1 aromatic carbocycles. The standard InChI is InChI=1S/C20H29N5O.HI/c1-4-25-10-9-16(13-25)11-22-20(21-3)23-12-18-14-26-19(24-18)17-7-5-15(2)6-8-17;/h5-8,14,16H,4,9-13H2,1-3H3,(H2,21,22,23);1H. The van der Waals surface area contributed by atoms with Crippen molar-refractivity contribution in [3.8, 4) is 11.5 Å². The molecular formula is C20H30IN5O. The molecular weight excluding hydrogens is 453 g/mol. The molecule has 1 saturated heterocycles. The smallest absolute Gasteiger partial charge is 0.226 e. The Morgan fingerprint density at radius 2 is 2.07 bits per heavy atom. The number of aromatic nitrogens is 1. The Morgan fingerprint density at radius 3 is 2.74 bits per heavy atom. The number of rotatable bonds is 6. The normalized spacial score (nSPS) is 17.6. The minimum absolute atomic E-state index is 0. The lowest BCUT2D eigenvalue weighted by Crippen LogP contribution is -2.40. The van der Waals surface area contributed by atoms with E-state index in [1.54, 1.807) is 13.3 Å². The highest BCUT2D eigenvalue weighted by Crippen LogP contribution is 2.19. The van der Waals surface area contributed by atoms with Crippen LogP contribution >= 0.6 is 24.0 Å². The van der Waals surface area contributed by atoms with Gasteiger partial charge in [-0.2, -0.15) is 0 Å². The van der Waals surface area contributed by atoms with E-state index in [0.29, 0.717) is 18.4 Å². The average Bonchev–Trinajstić information content (AvgIpc) is 3.32. The first kappa shape index (κ1) is 21.7. The maximum Gasteiger partial charge on any atom is 0.226 e. The van der Waals surface area contributed by atoms with Crippen molar-refractivity contribution >= 4 is 29.9 Å². The first-order valence-corrected chi connectivity index (χ1v) is 9.36. The van der Waals surface area contributed by atoms with Gasteiger partial charge in [0.25, 0.3) is 0 Å². The Labute approximate surface area is 178 Å². The molecule has 1 fully saturated rings. The number of aryl methyl sites for hydroxylation is 1. The molecule has 1 aromatic heterocycles. The minimum atomic E-state index is 0. The molecule has 27 heavy (non-hydrogen) atoms. The van der Waals surface area contributed by atoms with Gasteiger partial charge in [-0.1, -0.05) is 24.6 Å². The number of hydrogen-bond acceptors (Lipinski definition) is 4. The largest absolute Gasteiger partial charge is 0.444 e. The molecule has 2 aromatic rings. The molecule has 2 N–H and O–H groups in total. The number of benzene rings is 1. The van der Waals surface area contributed by atoms with Gasteiger partial charge in [-0.15, -0.1) is 24.0 Å². The Hall–Kier alpha value is -1.61.